The number of Topliss-reactive ketones (excluding diaryl/α,β-unsaturated/α-hetero) is 1. The fraction of sp³-hybridized carbons (Fsp3) is 0.593. The number of nitrogens with zero attached hydrogens (tertiary/aromatic N) is 2. The van der Waals surface area contributed by atoms with Crippen molar-refractivity contribution in [2.24, 2.45) is 5.73 Å². The third-order valence-corrected chi connectivity index (χ3v) is 20.9. The Kier molecular flexibility index (Phi) is 46.7. The van der Waals surface area contributed by atoms with Gasteiger partial charge < -0.3 is 48.7 Å². The van der Waals surface area contributed by atoms with Crippen LogP contribution in [-0.2, 0) is 155 Å². The molecule has 2 fully saturated rings. The first-order valence-electron chi connectivity index (χ1n) is 27.4. The molecule has 2 atom stereocenters. The smallest absolute Gasteiger partial charge is 0.341 e. The van der Waals surface area contributed by atoms with Gasteiger partial charge in [0.2, 0.25) is 23.6 Å². The van der Waals surface area contributed by atoms with Crippen LogP contribution in [0.3, 0.4) is 0 Å². The predicted octanol–water partition coefficient (Wildman–Crippen LogP) is 3.40. The van der Waals surface area contributed by atoms with Crippen molar-refractivity contribution in [3.63, 3.8) is 0 Å². The summed E-state index contributed by atoms with van der Waals surface area (Å²) in [5.74, 6) is -6.31. The SMILES string of the molecule is C.CCCCOCCOCCOCCCCC(=O)COc1cccc2c1C(=O)N(C1CCC(=O)NC1=O)C2=O.CCCCOCCOCCOCCCN.O=C(O)COc1cccc2c1C(=O)N(C1CCC(=O)NC1=O)C2=O.S=S=S.S=S=S=S=S=S=S. The molecular weight excluding hydrogens is 1340 g/mol. The molecular formula is C54H77N5O19S10. The number of benzene rings is 2. The van der Waals surface area contributed by atoms with E-state index in [-0.39, 0.29) is 79.3 Å². The molecule has 2 aromatic carbocycles. The molecule has 24 nitrogen and oxygen atoms in total. The Morgan fingerprint density at radius 1 is 0.545 bits per heavy atom. The number of hydrogen-bond donors (Lipinski definition) is 4. The molecule has 2 unspecified atom stereocenters. The topological polar surface area (TPSA) is 321 Å². The number of nitrogens with two attached hydrogens (primary N) is 1. The molecule has 0 aliphatic carbocycles. The van der Waals surface area contributed by atoms with Gasteiger partial charge in [0.1, 0.15) is 30.2 Å². The van der Waals surface area contributed by atoms with Crippen molar-refractivity contribution >= 4 is 157 Å². The van der Waals surface area contributed by atoms with Crippen molar-refractivity contribution in [3.05, 3.63) is 58.7 Å². The Bertz CT molecular complexity index is 2860. The summed E-state index contributed by atoms with van der Waals surface area (Å²) in [5.41, 5.74) is 5.41. The molecule has 2 saturated heterocycles. The third-order valence-electron chi connectivity index (χ3n) is 12.0. The number of carboxylic acids is 1. The van der Waals surface area contributed by atoms with Crippen molar-refractivity contribution in [2.75, 3.05) is 99.0 Å². The van der Waals surface area contributed by atoms with Crippen molar-refractivity contribution in [1.82, 2.24) is 20.4 Å². The van der Waals surface area contributed by atoms with Gasteiger partial charge in [0.15, 0.2) is 12.4 Å². The van der Waals surface area contributed by atoms with Crippen LogP contribution in [0.4, 0.5) is 0 Å². The minimum atomic E-state index is -1.23. The van der Waals surface area contributed by atoms with E-state index < -0.39 is 71.9 Å². The van der Waals surface area contributed by atoms with E-state index in [0.29, 0.717) is 85.3 Å². The zero-order valence-electron chi connectivity index (χ0n) is 48.1. The van der Waals surface area contributed by atoms with Gasteiger partial charge in [0.05, 0.1) is 75.1 Å². The van der Waals surface area contributed by atoms with E-state index in [1.807, 2.05) is 0 Å². The van der Waals surface area contributed by atoms with E-state index in [2.05, 4.69) is 69.2 Å². The zero-order valence-corrected chi connectivity index (χ0v) is 56.2. The van der Waals surface area contributed by atoms with Crippen LogP contribution < -0.4 is 25.8 Å². The highest BCUT2D eigenvalue weighted by molar-refractivity contribution is 8.68. The summed E-state index contributed by atoms with van der Waals surface area (Å²) >= 11 is 17.4. The number of imide groups is 4. The summed E-state index contributed by atoms with van der Waals surface area (Å²) < 4.78 is 42.9. The number of nitrogens with one attached hydrogen (secondary N) is 2. The predicted molar refractivity (Wildman–Crippen MR) is 352 cm³/mol. The maximum absolute atomic E-state index is 13.1. The van der Waals surface area contributed by atoms with Crippen molar-refractivity contribution in [1.29, 1.82) is 0 Å². The summed E-state index contributed by atoms with van der Waals surface area (Å²) in [6, 6.07) is 6.63. The summed E-state index contributed by atoms with van der Waals surface area (Å²) in [6.45, 7) is 11.6. The molecule has 8 amide bonds. The molecule has 4 aliphatic heterocycles. The number of aliphatic carboxylic acids is 1. The molecule has 0 aromatic heterocycles. The summed E-state index contributed by atoms with van der Waals surface area (Å²) in [4.78, 5) is 122. The van der Waals surface area contributed by atoms with Gasteiger partial charge in [-0.05, 0) is 75.8 Å². The first-order valence-corrected chi connectivity index (χ1v) is 38.1. The lowest BCUT2D eigenvalue weighted by molar-refractivity contribution is -0.139. The average Bonchev–Trinajstić information content (AvgIpc) is 1.79. The van der Waals surface area contributed by atoms with Crippen LogP contribution in [0.25, 0.3) is 0 Å². The quantitative estimate of drug-likeness (QED) is 0.0576. The van der Waals surface area contributed by atoms with E-state index in [0.717, 1.165) is 64.2 Å². The molecule has 6 rings (SSSR count). The molecule has 0 saturated carbocycles. The van der Waals surface area contributed by atoms with Gasteiger partial charge in [-0.3, -0.25) is 63.6 Å². The number of rotatable bonds is 34. The molecule has 0 bridgehead atoms. The van der Waals surface area contributed by atoms with Crippen molar-refractivity contribution in [2.45, 2.75) is 110 Å². The molecule has 0 radical (unpaired) electrons. The first-order chi connectivity index (χ1) is 42.1. The number of piperidine rings is 2. The van der Waals surface area contributed by atoms with Crippen LogP contribution in [-0.4, -0.2) is 185 Å². The van der Waals surface area contributed by atoms with Gasteiger partial charge in [-0.1, -0.05) is 46.2 Å². The van der Waals surface area contributed by atoms with Crippen molar-refractivity contribution in [3.8, 4) is 11.5 Å². The van der Waals surface area contributed by atoms with Crippen molar-refractivity contribution < 1.29 is 90.9 Å². The second kappa shape index (κ2) is 50.3. The third kappa shape index (κ3) is 31.1. The number of hydrogen-bond acceptors (Lipinski definition) is 23. The maximum Gasteiger partial charge on any atom is 0.341 e. The Morgan fingerprint density at radius 2 is 0.920 bits per heavy atom. The lowest BCUT2D eigenvalue weighted by Crippen LogP contribution is -2.54. The first kappa shape index (κ1) is 81.7. The monoisotopic (exact) mass is 1420 g/mol. The van der Waals surface area contributed by atoms with Crippen LogP contribution in [0.15, 0.2) is 36.4 Å². The van der Waals surface area contributed by atoms with Gasteiger partial charge >= 0.3 is 5.97 Å². The maximum atomic E-state index is 13.1. The van der Waals surface area contributed by atoms with Gasteiger partial charge in [-0.15, -0.1) is 0 Å². The number of carboxylic acid groups (broad SMARTS) is 1. The van der Waals surface area contributed by atoms with Gasteiger partial charge in [-0.2, -0.15) is 0 Å². The van der Waals surface area contributed by atoms with E-state index in [1.165, 1.54) is 54.5 Å². The van der Waals surface area contributed by atoms with Crippen LogP contribution in [0.2, 0.25) is 0 Å². The molecule has 34 heteroatoms. The van der Waals surface area contributed by atoms with Crippen LogP contribution in [0.1, 0.15) is 140 Å². The molecule has 4 heterocycles. The van der Waals surface area contributed by atoms with Gasteiger partial charge in [0.25, 0.3) is 23.6 Å². The highest BCUT2D eigenvalue weighted by atomic mass is 33.4. The Morgan fingerprint density at radius 3 is 1.28 bits per heavy atom. The number of carbonyl (C=O) groups excluding carboxylic acids is 9. The molecule has 88 heavy (non-hydrogen) atoms. The number of fused-ring (bicyclic) bond motifs is 2. The summed E-state index contributed by atoms with van der Waals surface area (Å²) in [6.07, 6.45) is 7.18. The fourth-order valence-electron chi connectivity index (χ4n) is 7.90. The molecule has 492 valence electrons. The minimum absolute atomic E-state index is 0. The highest BCUT2D eigenvalue weighted by Crippen LogP contribution is 2.35. The standard InChI is InChI=1S/C27H36N2O9.C15H12N2O7.C11H25NO3.CH4.S7.S3/c1-2-3-12-35-14-16-37-17-15-36-13-5-4-7-19(30)18-38-22-9-6-8-20-24(22)27(34)29(26(20)33)21-10-11-23(31)28-25(21)32;18-10-5-4-8(13(21)16-10)17-14(22)7-2-1-3-9(12(7)15(17)23)24-6-11(19)20;1-2-3-6-13-8-10-15-11-9-14-7-4-5-12;;1-3-5-7-6-4-2;1-3-2/h6,8-9,21H,2-5,7,10-18H2,1H3,(H,28,31,32);1-3,8H,4-6H2,(H,19,20)(H,16,18,21);2-12H2,1H3;1H4;;. The van der Waals surface area contributed by atoms with E-state index in [1.54, 1.807) is 32.7 Å². The van der Waals surface area contributed by atoms with E-state index in [4.69, 9.17) is 48.7 Å². The second-order valence-corrected chi connectivity index (χ2v) is 28.8. The molecule has 0 spiro atoms. The Hall–Kier alpha value is -4.34. The van der Waals surface area contributed by atoms with Crippen LogP contribution in [0.5, 0.6) is 11.5 Å². The Balaban J connectivity index is 0.000000658. The lowest BCUT2D eigenvalue weighted by atomic mass is 10.0. The largest absolute Gasteiger partial charge is 0.485 e. The lowest BCUT2D eigenvalue weighted by Gasteiger charge is -2.27. The zero-order chi connectivity index (χ0) is 64.2. The summed E-state index contributed by atoms with van der Waals surface area (Å²) in [5, 5.41) is 12.9. The average molecular weight is 1420 g/mol. The van der Waals surface area contributed by atoms with E-state index in [9.17, 15) is 47.9 Å². The number of carbonyl (C=O) groups is 10. The molecule has 5 N–H and O–H groups in total. The second-order valence-electron chi connectivity index (χ2n) is 18.2. The van der Waals surface area contributed by atoms with Crippen LogP contribution in [0, 0.1) is 0 Å². The normalized spacial score (nSPS) is 15.3. The summed E-state index contributed by atoms with van der Waals surface area (Å²) in [7, 11) is 8.28. The fourth-order valence-corrected chi connectivity index (χ4v) is 16.1. The molecule has 2 aromatic rings. The van der Waals surface area contributed by atoms with E-state index >= 15 is 0 Å². The number of ketones is 1. The number of amides is 8. The Labute approximate surface area is 549 Å². The minimum Gasteiger partial charge on any atom is -0.485 e. The van der Waals surface area contributed by atoms with Gasteiger partial charge in [0, 0.05) is 144 Å². The highest BCUT2D eigenvalue weighted by Gasteiger charge is 2.47. The number of unbranched alkanes of at least 4 members (excludes halogenated alkanes) is 3. The van der Waals surface area contributed by atoms with Crippen LogP contribution >= 0.6 is 0 Å². The number of ether oxygens (including phenoxy) is 8. The van der Waals surface area contributed by atoms with Gasteiger partial charge in [-0.25, -0.2) is 4.79 Å². The molecule has 4 aliphatic rings.